The zero-order chi connectivity index (χ0) is 25.0. The maximum Gasteiger partial charge on any atom is 0.161 e. The maximum absolute atomic E-state index is 6.22. The van der Waals surface area contributed by atoms with Gasteiger partial charge in [0.05, 0.1) is 32.7 Å². The van der Waals surface area contributed by atoms with Crippen molar-refractivity contribution in [1.29, 1.82) is 0 Å². The number of hydrogen-bond acceptors (Lipinski definition) is 5. The Hall–Kier alpha value is -2.24. The summed E-state index contributed by atoms with van der Waals surface area (Å²) in [6.45, 7) is 11.0. The molecule has 3 rings (SSSR count). The highest BCUT2D eigenvalue weighted by Crippen LogP contribution is 2.48. The van der Waals surface area contributed by atoms with E-state index in [2.05, 4.69) is 49.5 Å². The van der Waals surface area contributed by atoms with Crippen molar-refractivity contribution in [2.45, 2.75) is 71.9 Å². The molecule has 2 atom stereocenters. The average Bonchev–Trinajstić information content (AvgIpc) is 3.14. The average molecular weight is 472 g/mol. The van der Waals surface area contributed by atoms with E-state index in [1.54, 1.807) is 21.3 Å². The lowest BCUT2D eigenvalue weighted by molar-refractivity contribution is -0.109. The van der Waals surface area contributed by atoms with Gasteiger partial charge in [-0.15, -0.1) is 0 Å². The van der Waals surface area contributed by atoms with Crippen LogP contribution in [0.25, 0.3) is 0 Å². The van der Waals surface area contributed by atoms with Crippen molar-refractivity contribution >= 4 is 0 Å². The molecule has 2 aliphatic rings. The first kappa shape index (κ1) is 28.0. The Balaban J connectivity index is 0.00000199. The van der Waals surface area contributed by atoms with Gasteiger partial charge in [0, 0.05) is 25.0 Å². The van der Waals surface area contributed by atoms with Gasteiger partial charge in [0.1, 0.15) is 0 Å². The number of allylic oxidation sites excluding steroid dienone is 5. The molecule has 1 fully saturated rings. The second kappa shape index (κ2) is 13.6. The summed E-state index contributed by atoms with van der Waals surface area (Å²) in [5, 5.41) is 3.65. The van der Waals surface area contributed by atoms with Crippen molar-refractivity contribution in [2.75, 3.05) is 34.5 Å². The second-order valence-electron chi connectivity index (χ2n) is 9.04. The molecule has 5 nitrogen and oxygen atoms in total. The molecular weight excluding hydrogens is 426 g/mol. The number of benzene rings is 1. The molecule has 0 amide bonds. The van der Waals surface area contributed by atoms with Gasteiger partial charge in [-0.05, 0) is 68.5 Å². The van der Waals surface area contributed by atoms with E-state index in [4.69, 9.17) is 18.9 Å². The molecule has 0 spiro atoms. The predicted octanol–water partition coefficient (Wildman–Crippen LogP) is 6.59. The number of methoxy groups -OCH3 is 3. The molecule has 2 unspecified atom stereocenters. The van der Waals surface area contributed by atoms with Crippen molar-refractivity contribution in [3.8, 4) is 11.5 Å². The van der Waals surface area contributed by atoms with E-state index in [1.807, 2.05) is 26.0 Å². The first-order valence-electron chi connectivity index (χ1n) is 12.6. The van der Waals surface area contributed by atoms with Gasteiger partial charge >= 0.3 is 0 Å². The van der Waals surface area contributed by atoms with E-state index in [0.717, 1.165) is 69.1 Å². The third-order valence-corrected chi connectivity index (χ3v) is 6.99. The Bertz CT molecular complexity index is 860. The van der Waals surface area contributed by atoms with Gasteiger partial charge in [-0.25, -0.2) is 0 Å². The van der Waals surface area contributed by atoms with Crippen LogP contribution in [0.5, 0.6) is 11.5 Å². The standard InChI is InChI=1S/C27H39NO4.C2H6/c1-6-26(2)20-27(15-17-32-26,22-8-7-9-23(29-3)12-11-22)14-16-28-19-21-10-13-24(30-4)25(18-21)31-5;1-2/h7-8,10-13,18,28H,6,9,14-17,19-20H2,1-5H3;1-2H3. The highest BCUT2D eigenvalue weighted by atomic mass is 16.5. The van der Waals surface area contributed by atoms with Crippen LogP contribution in [-0.4, -0.2) is 40.1 Å². The molecule has 1 heterocycles. The van der Waals surface area contributed by atoms with Gasteiger partial charge in [0.25, 0.3) is 0 Å². The molecule has 34 heavy (non-hydrogen) atoms. The minimum atomic E-state index is -0.0869. The lowest BCUT2D eigenvalue weighted by Gasteiger charge is -2.47. The molecule has 0 radical (unpaired) electrons. The van der Waals surface area contributed by atoms with Crippen LogP contribution in [-0.2, 0) is 16.0 Å². The zero-order valence-corrected chi connectivity index (χ0v) is 22.3. The second-order valence-corrected chi connectivity index (χ2v) is 9.04. The third-order valence-electron chi connectivity index (χ3n) is 6.99. The van der Waals surface area contributed by atoms with E-state index < -0.39 is 0 Å². The molecule has 1 aliphatic heterocycles. The van der Waals surface area contributed by atoms with Crippen molar-refractivity contribution in [3.63, 3.8) is 0 Å². The van der Waals surface area contributed by atoms with E-state index >= 15 is 0 Å². The summed E-state index contributed by atoms with van der Waals surface area (Å²) in [5.41, 5.74) is 2.57. The quantitative estimate of drug-likeness (QED) is 0.390. The smallest absolute Gasteiger partial charge is 0.161 e. The van der Waals surface area contributed by atoms with E-state index in [0.29, 0.717) is 0 Å². The fourth-order valence-electron chi connectivity index (χ4n) is 4.84. The van der Waals surface area contributed by atoms with Crippen molar-refractivity contribution in [3.05, 3.63) is 59.4 Å². The predicted molar refractivity (Wildman–Crippen MR) is 140 cm³/mol. The summed E-state index contributed by atoms with van der Waals surface area (Å²) in [7, 11) is 5.08. The molecule has 0 saturated carbocycles. The van der Waals surface area contributed by atoms with Crippen LogP contribution >= 0.6 is 0 Å². The SMILES string of the molecule is CC.CCC1(C)CC(CCNCc2ccc(OC)c(OC)c2)(C2=CC=C(OC)CC=C2)CCO1. The highest BCUT2D eigenvalue weighted by Gasteiger charge is 2.43. The van der Waals surface area contributed by atoms with Crippen molar-refractivity contribution < 1.29 is 18.9 Å². The summed E-state index contributed by atoms with van der Waals surface area (Å²) in [4.78, 5) is 0. The lowest BCUT2D eigenvalue weighted by Crippen LogP contribution is -2.44. The number of rotatable bonds is 10. The summed E-state index contributed by atoms with van der Waals surface area (Å²) < 4.78 is 22.5. The molecule has 1 N–H and O–H groups in total. The van der Waals surface area contributed by atoms with E-state index in [1.165, 1.54) is 11.1 Å². The van der Waals surface area contributed by atoms with Gasteiger partial charge in [0.2, 0.25) is 0 Å². The van der Waals surface area contributed by atoms with Crippen molar-refractivity contribution in [2.24, 2.45) is 5.41 Å². The maximum atomic E-state index is 6.22. The minimum Gasteiger partial charge on any atom is -0.501 e. The molecule has 1 aromatic rings. The fourth-order valence-corrected chi connectivity index (χ4v) is 4.84. The fraction of sp³-hybridized carbons (Fsp3) is 0.586. The number of nitrogens with one attached hydrogen (secondary N) is 1. The lowest BCUT2D eigenvalue weighted by atomic mass is 9.65. The van der Waals surface area contributed by atoms with Crippen LogP contribution in [0.15, 0.2) is 53.8 Å². The Morgan fingerprint density at radius 1 is 1.03 bits per heavy atom. The Morgan fingerprint density at radius 2 is 1.79 bits per heavy atom. The molecule has 0 bridgehead atoms. The molecule has 1 aromatic carbocycles. The topological polar surface area (TPSA) is 49.0 Å². The molecule has 5 heteroatoms. The highest BCUT2D eigenvalue weighted by molar-refractivity contribution is 5.43. The monoisotopic (exact) mass is 471 g/mol. The van der Waals surface area contributed by atoms with Crippen LogP contribution in [0.3, 0.4) is 0 Å². The van der Waals surface area contributed by atoms with Gasteiger partial charge in [-0.3, -0.25) is 0 Å². The summed E-state index contributed by atoms with van der Waals surface area (Å²) in [5.74, 6) is 2.52. The normalized spacial score (nSPS) is 24.2. The first-order chi connectivity index (χ1) is 16.5. The molecule has 0 aromatic heterocycles. The summed E-state index contributed by atoms with van der Waals surface area (Å²) in [6, 6.07) is 6.08. The molecule has 1 saturated heterocycles. The summed E-state index contributed by atoms with van der Waals surface area (Å²) in [6.07, 6.45) is 13.9. The largest absolute Gasteiger partial charge is 0.501 e. The molecule has 1 aliphatic carbocycles. The van der Waals surface area contributed by atoms with Crippen molar-refractivity contribution in [1.82, 2.24) is 5.32 Å². The molecule has 190 valence electrons. The Morgan fingerprint density at radius 3 is 2.47 bits per heavy atom. The zero-order valence-electron chi connectivity index (χ0n) is 22.3. The summed E-state index contributed by atoms with van der Waals surface area (Å²) >= 11 is 0. The molecular formula is C29H45NO4. The van der Waals surface area contributed by atoms with Crippen LogP contribution in [0.4, 0.5) is 0 Å². The first-order valence-corrected chi connectivity index (χ1v) is 12.6. The number of hydrogen-bond donors (Lipinski definition) is 1. The van der Waals surface area contributed by atoms with Gasteiger partial charge in [-0.1, -0.05) is 45.1 Å². The van der Waals surface area contributed by atoms with E-state index in [9.17, 15) is 0 Å². The van der Waals surface area contributed by atoms with Crippen LogP contribution in [0, 0.1) is 5.41 Å². The van der Waals surface area contributed by atoms with Gasteiger partial charge in [0.15, 0.2) is 11.5 Å². The minimum absolute atomic E-state index is 0.0869. The van der Waals surface area contributed by atoms with Crippen LogP contribution in [0.2, 0.25) is 0 Å². The van der Waals surface area contributed by atoms with Crippen LogP contribution in [0.1, 0.15) is 65.4 Å². The van der Waals surface area contributed by atoms with Crippen LogP contribution < -0.4 is 14.8 Å². The van der Waals surface area contributed by atoms with Gasteiger partial charge < -0.3 is 24.3 Å². The third kappa shape index (κ3) is 7.13. The van der Waals surface area contributed by atoms with Gasteiger partial charge in [-0.2, -0.15) is 0 Å². The van der Waals surface area contributed by atoms with E-state index in [-0.39, 0.29) is 11.0 Å². The Labute approximate surface area is 207 Å². The number of ether oxygens (including phenoxy) is 4. The Kier molecular flexibility index (Phi) is 11.2.